The molecule has 7 aromatic rings. The van der Waals surface area contributed by atoms with Crippen LogP contribution in [-0.4, -0.2) is 9.97 Å². The zero-order valence-corrected chi connectivity index (χ0v) is 25.1. The van der Waals surface area contributed by atoms with Gasteiger partial charge in [-0.2, -0.15) is 0 Å². The second-order valence-corrected chi connectivity index (χ2v) is 12.0. The number of hydrogen-bond donors (Lipinski definition) is 2. The van der Waals surface area contributed by atoms with Gasteiger partial charge in [0.2, 0.25) is 0 Å². The third-order valence-electron chi connectivity index (χ3n) is 9.12. The van der Waals surface area contributed by atoms with Crippen molar-refractivity contribution in [3.63, 3.8) is 0 Å². The number of anilines is 2. The predicted molar refractivity (Wildman–Crippen MR) is 192 cm³/mol. The fourth-order valence-electron chi connectivity index (χ4n) is 6.64. The highest BCUT2D eigenvalue weighted by Gasteiger charge is 2.21. The summed E-state index contributed by atoms with van der Waals surface area (Å²) in [5, 5.41) is 9.85. The first kappa shape index (κ1) is 26.4. The molecule has 9 rings (SSSR count). The van der Waals surface area contributed by atoms with Crippen molar-refractivity contribution in [2.45, 2.75) is 12.1 Å². The molecule has 4 heterocycles. The first-order valence-electron chi connectivity index (χ1n) is 15.7. The van der Waals surface area contributed by atoms with Gasteiger partial charge in [0.1, 0.15) is 0 Å². The molecule has 2 aliphatic rings. The van der Waals surface area contributed by atoms with Gasteiger partial charge in [-0.15, -0.1) is 0 Å². The second-order valence-electron chi connectivity index (χ2n) is 12.0. The van der Waals surface area contributed by atoms with Gasteiger partial charge in [-0.25, -0.2) is 9.97 Å². The number of nitrogens with zero attached hydrogens (tertiary/aromatic N) is 2. The lowest BCUT2D eigenvalue weighted by atomic mass is 9.94. The molecule has 0 aliphatic carbocycles. The molecule has 218 valence electrons. The van der Waals surface area contributed by atoms with Gasteiger partial charge in [0.25, 0.3) is 0 Å². The van der Waals surface area contributed by atoms with Crippen LogP contribution in [0.2, 0.25) is 0 Å². The maximum Gasteiger partial charge on any atom is 0.0947 e. The molecule has 4 nitrogen and oxygen atoms in total. The summed E-state index contributed by atoms with van der Waals surface area (Å²) in [5.74, 6) is 0. The molecule has 0 spiro atoms. The number of nitrogens with one attached hydrogen (secondary N) is 2. The van der Waals surface area contributed by atoms with E-state index in [0.717, 1.165) is 66.8 Å². The van der Waals surface area contributed by atoms with E-state index < -0.39 is 0 Å². The molecule has 2 N–H and O–H groups in total. The molecule has 0 fully saturated rings. The standard InChI is InChI=1S/C42H30N4/c1-3-7-27(8-4-1)35-23-19-31-15-17-33-21-25-37(45-41(33)39(31)43-35)29-11-13-30(14-12-29)38-26-22-34-18-16-32-20-24-36(28-9-5-2-6-10-28)44-40(32)42(34)46-38/h1-26,37-38,45-46H. The Kier molecular flexibility index (Phi) is 6.24. The molecular formula is C42H30N4. The monoisotopic (exact) mass is 590 g/mol. The van der Waals surface area contributed by atoms with Crippen LogP contribution in [0.3, 0.4) is 0 Å². The minimum atomic E-state index is 0.0504. The van der Waals surface area contributed by atoms with Gasteiger partial charge in [0.15, 0.2) is 0 Å². The molecule has 2 unspecified atom stereocenters. The third-order valence-corrected chi connectivity index (χ3v) is 9.12. The van der Waals surface area contributed by atoms with Crippen LogP contribution in [0.1, 0.15) is 34.3 Å². The summed E-state index contributed by atoms with van der Waals surface area (Å²) in [6.07, 6.45) is 8.90. The van der Waals surface area contributed by atoms with Crippen LogP contribution in [-0.2, 0) is 0 Å². The van der Waals surface area contributed by atoms with Crippen LogP contribution < -0.4 is 10.6 Å². The highest BCUT2D eigenvalue weighted by atomic mass is 15.0. The van der Waals surface area contributed by atoms with Crippen molar-refractivity contribution in [3.05, 3.63) is 168 Å². The van der Waals surface area contributed by atoms with Crippen molar-refractivity contribution in [2.75, 3.05) is 10.6 Å². The summed E-state index contributed by atoms with van der Waals surface area (Å²) < 4.78 is 0. The van der Waals surface area contributed by atoms with Crippen LogP contribution in [0.25, 0.3) is 56.5 Å². The van der Waals surface area contributed by atoms with Gasteiger partial charge in [-0.05, 0) is 34.4 Å². The molecule has 0 amide bonds. The van der Waals surface area contributed by atoms with E-state index in [1.54, 1.807) is 0 Å². The number of pyridine rings is 2. The van der Waals surface area contributed by atoms with Crippen LogP contribution in [0.15, 0.2) is 146 Å². The molecule has 2 atom stereocenters. The first-order chi connectivity index (χ1) is 22.8. The maximum absolute atomic E-state index is 5.11. The number of rotatable bonds is 4. The van der Waals surface area contributed by atoms with E-state index in [4.69, 9.17) is 9.97 Å². The van der Waals surface area contributed by atoms with Crippen molar-refractivity contribution in [1.29, 1.82) is 0 Å². The number of hydrogen-bond acceptors (Lipinski definition) is 4. The lowest BCUT2D eigenvalue weighted by Crippen LogP contribution is -2.15. The Labute approximate surface area is 267 Å². The Bertz CT molecular complexity index is 2140. The van der Waals surface area contributed by atoms with Gasteiger partial charge in [-0.1, -0.05) is 146 Å². The molecule has 0 radical (unpaired) electrons. The first-order valence-corrected chi connectivity index (χ1v) is 15.7. The summed E-state index contributed by atoms with van der Waals surface area (Å²) in [6, 6.07) is 46.9. The number of aromatic nitrogens is 2. The Hall–Kier alpha value is -6.00. The average molecular weight is 591 g/mol. The fourth-order valence-corrected chi connectivity index (χ4v) is 6.64. The highest BCUT2D eigenvalue weighted by molar-refractivity contribution is 5.98. The minimum Gasteiger partial charge on any atom is -0.372 e. The van der Waals surface area contributed by atoms with Crippen LogP contribution in [0.4, 0.5) is 11.4 Å². The van der Waals surface area contributed by atoms with Gasteiger partial charge in [-0.3, -0.25) is 0 Å². The Morgan fingerprint density at radius 3 is 1.26 bits per heavy atom. The molecular weight excluding hydrogens is 560 g/mol. The molecule has 46 heavy (non-hydrogen) atoms. The molecule has 0 saturated carbocycles. The van der Waals surface area contributed by atoms with Crippen molar-refractivity contribution in [3.8, 4) is 22.5 Å². The van der Waals surface area contributed by atoms with Crippen LogP contribution in [0.5, 0.6) is 0 Å². The molecule has 2 aliphatic heterocycles. The normalized spacial score (nSPS) is 16.4. The summed E-state index contributed by atoms with van der Waals surface area (Å²) in [4.78, 5) is 10.2. The van der Waals surface area contributed by atoms with Gasteiger partial charge in [0, 0.05) is 21.9 Å². The fraction of sp³-hybridized carbons (Fsp3) is 0.0476. The lowest BCUT2D eigenvalue weighted by molar-refractivity contribution is 0.954. The van der Waals surface area contributed by atoms with Crippen molar-refractivity contribution in [1.82, 2.24) is 9.97 Å². The summed E-state index contributed by atoms with van der Waals surface area (Å²) in [5.41, 5.74) is 13.1. The molecule has 5 aromatic carbocycles. The van der Waals surface area contributed by atoms with E-state index in [1.807, 2.05) is 12.1 Å². The quantitative estimate of drug-likeness (QED) is 0.214. The molecule has 2 aromatic heterocycles. The van der Waals surface area contributed by atoms with Crippen LogP contribution >= 0.6 is 0 Å². The smallest absolute Gasteiger partial charge is 0.0947 e. The predicted octanol–water partition coefficient (Wildman–Crippen LogP) is 10.5. The van der Waals surface area contributed by atoms with Crippen molar-refractivity contribution >= 4 is 45.3 Å². The van der Waals surface area contributed by atoms with Crippen molar-refractivity contribution < 1.29 is 0 Å². The minimum absolute atomic E-state index is 0.0504. The van der Waals surface area contributed by atoms with E-state index in [0.29, 0.717) is 0 Å². The van der Waals surface area contributed by atoms with E-state index in [2.05, 4.69) is 156 Å². The molecule has 4 heteroatoms. The number of fused-ring (bicyclic) bond motifs is 6. The Morgan fingerprint density at radius 1 is 0.413 bits per heavy atom. The summed E-state index contributed by atoms with van der Waals surface area (Å²) in [7, 11) is 0. The lowest BCUT2D eigenvalue weighted by Gasteiger charge is -2.26. The van der Waals surface area contributed by atoms with Crippen molar-refractivity contribution in [2.24, 2.45) is 0 Å². The summed E-state index contributed by atoms with van der Waals surface area (Å²) in [6.45, 7) is 0. The number of benzene rings is 5. The molecule has 0 saturated heterocycles. The highest BCUT2D eigenvalue weighted by Crippen LogP contribution is 2.39. The maximum atomic E-state index is 5.11. The summed E-state index contributed by atoms with van der Waals surface area (Å²) >= 11 is 0. The van der Waals surface area contributed by atoms with E-state index in [1.165, 1.54) is 11.1 Å². The Morgan fingerprint density at radius 2 is 0.826 bits per heavy atom. The molecule has 0 bridgehead atoms. The third kappa shape index (κ3) is 4.63. The topological polar surface area (TPSA) is 49.8 Å². The largest absolute Gasteiger partial charge is 0.372 e. The van der Waals surface area contributed by atoms with Gasteiger partial charge >= 0.3 is 0 Å². The Balaban J connectivity index is 0.995. The van der Waals surface area contributed by atoms with Gasteiger partial charge < -0.3 is 10.6 Å². The second kappa shape index (κ2) is 10.9. The average Bonchev–Trinajstić information content (AvgIpc) is 3.14. The van der Waals surface area contributed by atoms with E-state index in [-0.39, 0.29) is 12.1 Å². The SMILES string of the molecule is C1=CC(c2ccc(C3C=Cc4ccc5ccc(-c6ccccc6)nc5c4N3)cc2)Nc2c1ccc1ccc(-c3ccccc3)nc21. The zero-order valence-electron chi connectivity index (χ0n) is 25.1. The van der Waals surface area contributed by atoms with E-state index in [9.17, 15) is 0 Å². The van der Waals surface area contributed by atoms with Crippen LogP contribution in [0, 0.1) is 0 Å². The zero-order chi connectivity index (χ0) is 30.5. The van der Waals surface area contributed by atoms with E-state index >= 15 is 0 Å². The van der Waals surface area contributed by atoms with Gasteiger partial charge in [0.05, 0.1) is 45.9 Å².